The van der Waals surface area contributed by atoms with Gasteiger partial charge in [0.25, 0.3) is 0 Å². The predicted molar refractivity (Wildman–Crippen MR) is 61.3 cm³/mol. The first kappa shape index (κ1) is 12.8. The largest absolute Gasteiger partial charge is 0.305 e. The van der Waals surface area contributed by atoms with Crippen LogP contribution in [0.15, 0.2) is 36.0 Å². The second kappa shape index (κ2) is 6.33. The molecule has 0 radical (unpaired) electrons. The van der Waals surface area contributed by atoms with Gasteiger partial charge in [-0.05, 0) is 27.9 Å². The van der Waals surface area contributed by atoms with E-state index in [0.29, 0.717) is 5.57 Å². The zero-order valence-electron chi connectivity index (χ0n) is 9.50. The van der Waals surface area contributed by atoms with Crippen molar-refractivity contribution < 1.29 is 4.79 Å². The molecule has 0 heterocycles. The minimum atomic E-state index is 0.0499. The first-order chi connectivity index (χ1) is 6.47. The number of ketones is 1. The van der Waals surface area contributed by atoms with Gasteiger partial charge in [-0.15, -0.1) is 0 Å². The van der Waals surface area contributed by atoms with Gasteiger partial charge in [0.2, 0.25) is 0 Å². The summed E-state index contributed by atoms with van der Waals surface area (Å²) in [6, 6.07) is 0. The molecule has 0 aliphatic rings. The van der Waals surface area contributed by atoms with Gasteiger partial charge in [-0.3, -0.25) is 4.79 Å². The van der Waals surface area contributed by atoms with Crippen LogP contribution in [0.1, 0.15) is 13.8 Å². The maximum atomic E-state index is 11.0. The zero-order valence-corrected chi connectivity index (χ0v) is 9.50. The van der Waals surface area contributed by atoms with Gasteiger partial charge in [-0.1, -0.05) is 30.4 Å². The van der Waals surface area contributed by atoms with Crippen LogP contribution in [0.25, 0.3) is 0 Å². The Bertz CT molecular complexity index is 272. The molecular formula is C12H19NO. The van der Waals surface area contributed by atoms with Crippen LogP contribution in [-0.2, 0) is 4.79 Å². The molecule has 0 aromatic carbocycles. The molecule has 0 aliphatic carbocycles. The molecule has 0 spiro atoms. The summed E-state index contributed by atoms with van der Waals surface area (Å²) in [5, 5.41) is 0. The fourth-order valence-corrected chi connectivity index (χ4v) is 1.11. The summed E-state index contributed by atoms with van der Waals surface area (Å²) in [5.41, 5.74) is 1.87. The highest BCUT2D eigenvalue weighted by atomic mass is 16.1. The lowest BCUT2D eigenvalue weighted by Crippen LogP contribution is -2.13. The van der Waals surface area contributed by atoms with E-state index >= 15 is 0 Å². The van der Waals surface area contributed by atoms with E-state index in [1.807, 2.05) is 33.2 Å². The van der Waals surface area contributed by atoms with Crippen LogP contribution in [0.2, 0.25) is 0 Å². The molecule has 0 aromatic rings. The number of hydrogen-bond donors (Lipinski definition) is 0. The molecule has 0 saturated carbocycles. The highest BCUT2D eigenvalue weighted by Crippen LogP contribution is 2.01. The monoisotopic (exact) mass is 193 g/mol. The second-order valence-electron chi connectivity index (χ2n) is 3.63. The first-order valence-corrected chi connectivity index (χ1v) is 4.63. The van der Waals surface area contributed by atoms with E-state index in [0.717, 1.165) is 6.54 Å². The summed E-state index contributed by atoms with van der Waals surface area (Å²) in [6.45, 7) is 8.08. The Morgan fingerprint density at radius 2 is 1.86 bits per heavy atom. The van der Waals surface area contributed by atoms with Gasteiger partial charge >= 0.3 is 0 Å². The number of hydrogen-bond acceptors (Lipinski definition) is 2. The van der Waals surface area contributed by atoms with E-state index in [-0.39, 0.29) is 5.78 Å². The van der Waals surface area contributed by atoms with Crippen molar-refractivity contribution in [2.45, 2.75) is 13.8 Å². The van der Waals surface area contributed by atoms with Crippen molar-refractivity contribution in [3.8, 4) is 0 Å². The van der Waals surface area contributed by atoms with Gasteiger partial charge in [-0.25, -0.2) is 0 Å². The van der Waals surface area contributed by atoms with E-state index in [2.05, 4.69) is 11.5 Å². The van der Waals surface area contributed by atoms with Crippen molar-refractivity contribution in [2.75, 3.05) is 20.6 Å². The van der Waals surface area contributed by atoms with Gasteiger partial charge in [0.05, 0.1) is 0 Å². The number of carbonyl (C=O) groups is 1. The lowest BCUT2D eigenvalue weighted by Gasteiger charge is -2.08. The summed E-state index contributed by atoms with van der Waals surface area (Å²) >= 11 is 0. The first-order valence-electron chi connectivity index (χ1n) is 4.63. The van der Waals surface area contributed by atoms with Crippen molar-refractivity contribution in [2.24, 2.45) is 0 Å². The molecule has 0 unspecified atom stereocenters. The number of rotatable bonds is 5. The molecule has 14 heavy (non-hydrogen) atoms. The van der Waals surface area contributed by atoms with Gasteiger partial charge in [-0.2, -0.15) is 0 Å². The summed E-state index contributed by atoms with van der Waals surface area (Å²) in [4.78, 5) is 13.1. The zero-order chi connectivity index (χ0) is 11.1. The molecule has 78 valence electrons. The molecule has 0 amide bonds. The van der Waals surface area contributed by atoms with Gasteiger partial charge in [0.15, 0.2) is 5.78 Å². The Labute approximate surface area is 86.6 Å². The molecule has 0 atom stereocenters. The topological polar surface area (TPSA) is 20.3 Å². The molecule has 2 heteroatoms. The quantitative estimate of drug-likeness (QED) is 0.493. The average molecular weight is 193 g/mol. The fraction of sp³-hybridized carbons (Fsp3) is 0.417. The average Bonchev–Trinajstić information content (AvgIpc) is 2.03. The van der Waals surface area contributed by atoms with Crippen molar-refractivity contribution in [3.63, 3.8) is 0 Å². The third-order valence-corrected chi connectivity index (χ3v) is 1.74. The van der Waals surface area contributed by atoms with Crippen LogP contribution in [0, 0.1) is 0 Å². The maximum absolute atomic E-state index is 11.0. The lowest BCUT2D eigenvalue weighted by atomic mass is 10.1. The number of nitrogens with zero attached hydrogens (tertiary/aromatic N) is 1. The molecule has 0 fully saturated rings. The molecule has 0 N–H and O–H groups in total. The third-order valence-electron chi connectivity index (χ3n) is 1.74. The molecule has 0 aliphatic heterocycles. The molecule has 0 bridgehead atoms. The van der Waals surface area contributed by atoms with Crippen LogP contribution < -0.4 is 0 Å². The summed E-state index contributed by atoms with van der Waals surface area (Å²) in [5.74, 6) is 0.0499. The predicted octanol–water partition coefficient (Wildman–Crippen LogP) is 2.20. The van der Waals surface area contributed by atoms with E-state index < -0.39 is 0 Å². The van der Waals surface area contributed by atoms with Gasteiger partial charge in [0, 0.05) is 12.1 Å². The van der Waals surface area contributed by atoms with Crippen molar-refractivity contribution in [1.29, 1.82) is 0 Å². The molecule has 0 rings (SSSR count). The van der Waals surface area contributed by atoms with E-state index in [1.165, 1.54) is 5.57 Å². The molecule has 0 saturated heterocycles. The highest BCUT2D eigenvalue weighted by Gasteiger charge is 1.96. The Kier molecular flexibility index (Phi) is 5.81. The Hall–Kier alpha value is -1.15. The third kappa shape index (κ3) is 5.49. The number of Topliss-reactive ketones (excluding diaryl/α,β-unsaturated/α-hetero) is 1. The van der Waals surface area contributed by atoms with E-state index in [4.69, 9.17) is 0 Å². The van der Waals surface area contributed by atoms with Crippen LogP contribution in [0.5, 0.6) is 0 Å². The fourth-order valence-electron chi connectivity index (χ4n) is 1.11. The summed E-state index contributed by atoms with van der Waals surface area (Å²) in [7, 11) is 4.03. The number of carbonyl (C=O) groups excluding carboxylic acids is 1. The lowest BCUT2D eigenvalue weighted by molar-refractivity contribution is -0.113. The van der Waals surface area contributed by atoms with E-state index in [1.54, 1.807) is 13.0 Å². The van der Waals surface area contributed by atoms with Gasteiger partial charge in [0.1, 0.15) is 0 Å². The number of likely N-dealkylation sites (N-methyl/N-ethyl adjacent to an activating group) is 1. The van der Waals surface area contributed by atoms with Crippen molar-refractivity contribution >= 4 is 5.78 Å². The summed E-state index contributed by atoms with van der Waals surface area (Å²) in [6.07, 6.45) is 5.36. The Morgan fingerprint density at radius 1 is 1.29 bits per heavy atom. The van der Waals surface area contributed by atoms with Gasteiger partial charge < -0.3 is 4.90 Å². The second-order valence-corrected chi connectivity index (χ2v) is 3.63. The smallest absolute Gasteiger partial charge is 0.159 e. The molecule has 0 aromatic heterocycles. The van der Waals surface area contributed by atoms with Crippen LogP contribution in [0.3, 0.4) is 0 Å². The number of allylic oxidation sites excluding steroid dienone is 4. The standard InChI is InChI=1S/C12H19NO/c1-6-12(11(3)14)8-7-10(2)9-13(4)5/h6-8H,1,9H2,2-5H3/b10-7+,12-8+. The maximum Gasteiger partial charge on any atom is 0.159 e. The normalized spacial score (nSPS) is 13.2. The van der Waals surface area contributed by atoms with Crippen LogP contribution >= 0.6 is 0 Å². The minimum Gasteiger partial charge on any atom is -0.305 e. The SMILES string of the molecule is C=C/C(=C\C=C(/C)CN(C)C)C(C)=O. The highest BCUT2D eigenvalue weighted by molar-refractivity contribution is 5.96. The Morgan fingerprint density at radius 3 is 2.21 bits per heavy atom. The Balaban J connectivity index is 4.49. The van der Waals surface area contributed by atoms with Crippen molar-refractivity contribution in [3.05, 3.63) is 36.0 Å². The van der Waals surface area contributed by atoms with Crippen LogP contribution in [-0.4, -0.2) is 31.3 Å². The molecular weight excluding hydrogens is 174 g/mol. The van der Waals surface area contributed by atoms with E-state index in [9.17, 15) is 4.79 Å². The summed E-state index contributed by atoms with van der Waals surface area (Å²) < 4.78 is 0. The van der Waals surface area contributed by atoms with Crippen molar-refractivity contribution in [1.82, 2.24) is 4.90 Å². The van der Waals surface area contributed by atoms with Crippen LogP contribution in [0.4, 0.5) is 0 Å². The molecule has 2 nitrogen and oxygen atoms in total. The minimum absolute atomic E-state index is 0.0499.